The minimum atomic E-state index is -0.477. The first-order valence-corrected chi connectivity index (χ1v) is 11.4. The fourth-order valence-electron chi connectivity index (χ4n) is 4.24. The number of carbonyl (C=O) groups excluding carboxylic acids is 1. The summed E-state index contributed by atoms with van der Waals surface area (Å²) in [5.41, 5.74) is 1.47. The van der Waals surface area contributed by atoms with Crippen LogP contribution in [0.1, 0.15) is 64.6 Å². The number of aryl methyl sites for hydroxylation is 1. The first kappa shape index (κ1) is 21.1. The zero-order valence-corrected chi connectivity index (χ0v) is 18.6. The Morgan fingerprint density at radius 1 is 1.30 bits per heavy atom. The van der Waals surface area contributed by atoms with Crippen LogP contribution in [0.3, 0.4) is 0 Å². The van der Waals surface area contributed by atoms with E-state index in [0.717, 1.165) is 30.6 Å². The van der Waals surface area contributed by atoms with Crippen molar-refractivity contribution in [1.29, 1.82) is 0 Å². The lowest BCUT2D eigenvalue weighted by Gasteiger charge is -2.28. The van der Waals surface area contributed by atoms with Gasteiger partial charge in [0, 0.05) is 27.3 Å². The van der Waals surface area contributed by atoms with E-state index in [1.54, 1.807) is 31.3 Å². The summed E-state index contributed by atoms with van der Waals surface area (Å²) in [4.78, 5) is 15.4. The molecular formula is C23H25ClN2O3S. The minimum Gasteiger partial charge on any atom is -0.388 e. The molecular weight excluding hydrogens is 420 g/mol. The predicted molar refractivity (Wildman–Crippen MR) is 119 cm³/mol. The van der Waals surface area contributed by atoms with Crippen molar-refractivity contribution in [3.05, 3.63) is 62.5 Å². The molecule has 158 valence electrons. The lowest BCUT2D eigenvalue weighted by molar-refractivity contribution is 0.0942. The van der Waals surface area contributed by atoms with Crippen LogP contribution < -0.4 is 5.32 Å². The molecule has 1 aromatic carbocycles. The van der Waals surface area contributed by atoms with Crippen LogP contribution in [-0.4, -0.2) is 22.7 Å². The van der Waals surface area contributed by atoms with Crippen LogP contribution in [0.25, 0.3) is 11.3 Å². The maximum absolute atomic E-state index is 13.2. The van der Waals surface area contributed by atoms with Gasteiger partial charge in [-0.2, -0.15) is 0 Å². The molecule has 5 nitrogen and oxygen atoms in total. The molecule has 0 aliphatic heterocycles. The SMILES string of the molecule is Cc1onc(-c2ccccc2Cl)c1C(=O)NCC1(c2ccc(C(C)O)s2)CCCC1. The number of aliphatic hydroxyl groups is 1. The molecule has 2 aromatic heterocycles. The smallest absolute Gasteiger partial charge is 0.257 e. The van der Waals surface area contributed by atoms with E-state index in [0.29, 0.717) is 34.1 Å². The van der Waals surface area contributed by atoms with E-state index in [9.17, 15) is 9.90 Å². The Morgan fingerprint density at radius 3 is 2.70 bits per heavy atom. The summed E-state index contributed by atoms with van der Waals surface area (Å²) < 4.78 is 5.34. The number of rotatable bonds is 6. The van der Waals surface area contributed by atoms with E-state index in [-0.39, 0.29) is 11.3 Å². The molecule has 30 heavy (non-hydrogen) atoms. The number of aromatic nitrogens is 1. The summed E-state index contributed by atoms with van der Waals surface area (Å²) in [6.07, 6.45) is 3.83. The average Bonchev–Trinajstić information content (AvgIpc) is 3.46. The highest BCUT2D eigenvalue weighted by molar-refractivity contribution is 7.12. The Hall–Kier alpha value is -2.15. The van der Waals surface area contributed by atoms with Crippen molar-refractivity contribution >= 4 is 28.8 Å². The van der Waals surface area contributed by atoms with Crippen LogP contribution >= 0.6 is 22.9 Å². The number of carbonyl (C=O) groups is 1. The highest BCUT2D eigenvalue weighted by atomic mass is 35.5. The lowest BCUT2D eigenvalue weighted by atomic mass is 9.84. The Labute approximate surface area is 185 Å². The molecule has 1 fully saturated rings. The van der Waals surface area contributed by atoms with Gasteiger partial charge >= 0.3 is 0 Å². The summed E-state index contributed by atoms with van der Waals surface area (Å²) >= 11 is 7.96. The standard InChI is InChI=1S/C23H25ClN2O3S/c1-14(27)18-9-10-19(30-18)23(11-5-6-12-23)13-25-22(28)20-15(2)29-26-21(20)16-7-3-4-8-17(16)24/h3-4,7-10,14,27H,5-6,11-13H2,1-2H3,(H,25,28). The van der Waals surface area contributed by atoms with Crippen molar-refractivity contribution in [1.82, 2.24) is 10.5 Å². The molecule has 0 bridgehead atoms. The van der Waals surface area contributed by atoms with Crippen LogP contribution in [0.15, 0.2) is 40.9 Å². The Bertz CT molecular complexity index is 1050. The van der Waals surface area contributed by atoms with E-state index in [1.165, 1.54) is 4.88 Å². The maximum Gasteiger partial charge on any atom is 0.257 e. The summed E-state index contributed by atoms with van der Waals surface area (Å²) in [6.45, 7) is 4.06. The van der Waals surface area contributed by atoms with Gasteiger partial charge in [0.2, 0.25) is 0 Å². The third kappa shape index (κ3) is 3.92. The number of benzene rings is 1. The number of hydrogen-bond acceptors (Lipinski definition) is 5. The molecule has 0 saturated heterocycles. The average molecular weight is 445 g/mol. The van der Waals surface area contributed by atoms with Gasteiger partial charge in [0.15, 0.2) is 0 Å². The molecule has 1 aliphatic carbocycles. The van der Waals surface area contributed by atoms with E-state index in [2.05, 4.69) is 16.5 Å². The molecule has 2 N–H and O–H groups in total. The van der Waals surface area contributed by atoms with Gasteiger partial charge in [0.05, 0.1) is 11.1 Å². The largest absolute Gasteiger partial charge is 0.388 e. The molecule has 0 radical (unpaired) electrons. The molecule has 1 amide bonds. The summed E-state index contributed by atoms with van der Waals surface area (Å²) in [5, 5.41) is 17.7. The minimum absolute atomic E-state index is 0.0942. The molecule has 3 aromatic rings. The van der Waals surface area contributed by atoms with Gasteiger partial charge in [-0.3, -0.25) is 4.79 Å². The van der Waals surface area contributed by atoms with E-state index < -0.39 is 6.10 Å². The molecule has 4 rings (SSSR count). The number of thiophene rings is 1. The highest BCUT2D eigenvalue weighted by Crippen LogP contribution is 2.44. The zero-order chi connectivity index (χ0) is 21.3. The van der Waals surface area contributed by atoms with Crippen molar-refractivity contribution in [2.24, 2.45) is 0 Å². The van der Waals surface area contributed by atoms with Crippen molar-refractivity contribution < 1.29 is 14.4 Å². The van der Waals surface area contributed by atoms with Gasteiger partial charge in [-0.15, -0.1) is 11.3 Å². The van der Waals surface area contributed by atoms with Crippen LogP contribution in [0.4, 0.5) is 0 Å². The van der Waals surface area contributed by atoms with Gasteiger partial charge in [0.25, 0.3) is 5.91 Å². The third-order valence-corrected chi connectivity index (χ3v) is 7.76. The number of hydrogen-bond donors (Lipinski definition) is 2. The second kappa shape index (κ2) is 8.53. The van der Waals surface area contributed by atoms with Gasteiger partial charge in [-0.1, -0.05) is 47.8 Å². The summed E-state index contributed by atoms with van der Waals surface area (Å²) in [7, 11) is 0. The maximum atomic E-state index is 13.2. The molecule has 1 unspecified atom stereocenters. The molecule has 2 heterocycles. The van der Waals surface area contributed by atoms with Crippen LogP contribution in [-0.2, 0) is 5.41 Å². The second-order valence-corrected chi connectivity index (χ2v) is 9.51. The quantitative estimate of drug-likeness (QED) is 0.514. The van der Waals surface area contributed by atoms with Crippen LogP contribution in [0.5, 0.6) is 0 Å². The number of nitrogens with zero attached hydrogens (tertiary/aromatic N) is 1. The third-order valence-electron chi connectivity index (χ3n) is 5.93. The zero-order valence-electron chi connectivity index (χ0n) is 17.1. The summed E-state index contributed by atoms with van der Waals surface area (Å²) in [5.74, 6) is 0.262. The first-order valence-electron chi connectivity index (χ1n) is 10.2. The topological polar surface area (TPSA) is 75.4 Å². The van der Waals surface area contributed by atoms with Gasteiger partial charge in [0.1, 0.15) is 17.0 Å². The molecule has 1 atom stereocenters. The van der Waals surface area contributed by atoms with Crippen molar-refractivity contribution in [3.8, 4) is 11.3 Å². The van der Waals surface area contributed by atoms with Gasteiger partial charge in [-0.25, -0.2) is 0 Å². The Morgan fingerprint density at radius 2 is 2.03 bits per heavy atom. The van der Waals surface area contributed by atoms with Crippen molar-refractivity contribution in [2.75, 3.05) is 6.54 Å². The second-order valence-electron chi connectivity index (χ2n) is 7.99. The molecule has 1 aliphatic rings. The Balaban J connectivity index is 1.58. The lowest BCUT2D eigenvalue weighted by Crippen LogP contribution is -2.38. The predicted octanol–water partition coefficient (Wildman–Crippen LogP) is 5.66. The highest BCUT2D eigenvalue weighted by Gasteiger charge is 2.38. The van der Waals surface area contributed by atoms with Crippen molar-refractivity contribution in [3.63, 3.8) is 0 Å². The van der Waals surface area contributed by atoms with Gasteiger partial charge < -0.3 is 14.9 Å². The molecule has 7 heteroatoms. The van der Waals surface area contributed by atoms with Crippen molar-refractivity contribution in [2.45, 2.75) is 51.0 Å². The first-order chi connectivity index (χ1) is 14.4. The van der Waals surface area contributed by atoms with Crippen LogP contribution in [0, 0.1) is 6.92 Å². The van der Waals surface area contributed by atoms with Gasteiger partial charge in [-0.05, 0) is 44.9 Å². The fraction of sp³-hybridized carbons (Fsp3) is 0.391. The van der Waals surface area contributed by atoms with E-state index in [1.807, 2.05) is 24.3 Å². The normalized spacial score (nSPS) is 16.5. The Kier molecular flexibility index (Phi) is 6.00. The summed E-state index contributed by atoms with van der Waals surface area (Å²) in [6, 6.07) is 11.4. The van der Waals surface area contributed by atoms with E-state index >= 15 is 0 Å². The number of halogens is 1. The fourth-order valence-corrected chi connectivity index (χ4v) is 5.65. The monoisotopic (exact) mass is 444 g/mol. The van der Waals surface area contributed by atoms with Crippen LogP contribution in [0.2, 0.25) is 5.02 Å². The molecule has 0 spiro atoms. The number of aliphatic hydroxyl groups excluding tert-OH is 1. The number of nitrogens with one attached hydrogen (secondary N) is 1. The number of amides is 1. The molecule has 1 saturated carbocycles. The van der Waals surface area contributed by atoms with E-state index in [4.69, 9.17) is 16.1 Å².